The molecule has 0 bridgehead atoms. The fraction of sp³-hybridized carbons (Fsp3) is 0.500. The largest absolute Gasteiger partial charge is 0.297 e. The molecule has 0 unspecified atom stereocenters. The van der Waals surface area contributed by atoms with Gasteiger partial charge < -0.3 is 0 Å². The number of hydrogen-bond acceptors (Lipinski definition) is 3. The molecular formula is C16H20N2O. The van der Waals surface area contributed by atoms with E-state index in [0.717, 1.165) is 38.3 Å². The molecule has 1 aromatic rings. The first-order valence-electron chi connectivity index (χ1n) is 6.93. The Bertz CT molecular complexity index is 442. The number of nitriles is 1. The summed E-state index contributed by atoms with van der Waals surface area (Å²) in [6, 6.07) is 12.5. The Morgan fingerprint density at radius 3 is 2.58 bits per heavy atom. The van der Waals surface area contributed by atoms with Gasteiger partial charge in [-0.25, -0.2) is 0 Å². The summed E-state index contributed by atoms with van der Waals surface area (Å²) in [4.78, 5) is 13.6. The van der Waals surface area contributed by atoms with Crippen LogP contribution in [-0.2, 0) is 11.2 Å². The van der Waals surface area contributed by atoms with Gasteiger partial charge in [0.2, 0.25) is 0 Å². The lowest BCUT2D eigenvalue weighted by Gasteiger charge is -2.31. The number of carbonyl (C=O) groups excluding carboxylic acids is 1. The van der Waals surface area contributed by atoms with E-state index >= 15 is 0 Å². The number of benzene rings is 1. The van der Waals surface area contributed by atoms with Crippen molar-refractivity contribution in [2.45, 2.75) is 25.7 Å². The van der Waals surface area contributed by atoms with Crippen molar-refractivity contribution in [3.63, 3.8) is 0 Å². The van der Waals surface area contributed by atoms with Crippen molar-refractivity contribution < 1.29 is 4.79 Å². The summed E-state index contributed by atoms with van der Waals surface area (Å²) in [5, 5.41) is 8.48. The predicted octanol–water partition coefficient (Wildman–Crippen LogP) is 2.42. The summed E-state index contributed by atoms with van der Waals surface area (Å²) in [7, 11) is 0. The molecule has 0 saturated carbocycles. The second-order valence-corrected chi connectivity index (χ2v) is 5.28. The summed E-state index contributed by atoms with van der Waals surface area (Å²) in [6.45, 7) is 2.41. The Hall–Kier alpha value is -1.66. The van der Waals surface area contributed by atoms with Gasteiger partial charge in [-0.05, 0) is 43.8 Å². The maximum Gasteiger partial charge on any atom is 0.160 e. The van der Waals surface area contributed by atoms with Gasteiger partial charge in [0.15, 0.2) is 5.78 Å². The summed E-state index contributed by atoms with van der Waals surface area (Å²) >= 11 is 0. The molecule has 19 heavy (non-hydrogen) atoms. The molecule has 0 aromatic heterocycles. The molecule has 0 aliphatic carbocycles. The average Bonchev–Trinajstić information content (AvgIpc) is 2.42. The van der Waals surface area contributed by atoms with Crippen LogP contribution in [0.2, 0.25) is 0 Å². The van der Waals surface area contributed by atoms with Gasteiger partial charge in [0.05, 0.1) is 19.0 Å². The van der Waals surface area contributed by atoms with Crippen molar-refractivity contribution in [1.29, 1.82) is 5.26 Å². The Morgan fingerprint density at radius 2 is 1.95 bits per heavy atom. The normalized spacial score (nSPS) is 17.0. The summed E-state index contributed by atoms with van der Waals surface area (Å²) in [6.07, 6.45) is 3.48. The molecule has 3 nitrogen and oxygen atoms in total. The van der Waals surface area contributed by atoms with Crippen LogP contribution in [0.3, 0.4) is 0 Å². The number of likely N-dealkylation sites (tertiary alicyclic amines) is 1. The molecule has 1 fully saturated rings. The first-order valence-corrected chi connectivity index (χ1v) is 6.93. The third-order valence-electron chi connectivity index (χ3n) is 3.75. The van der Waals surface area contributed by atoms with Gasteiger partial charge in [-0.15, -0.1) is 0 Å². The van der Waals surface area contributed by atoms with E-state index in [9.17, 15) is 4.79 Å². The maximum atomic E-state index is 11.4. The van der Waals surface area contributed by atoms with E-state index in [0.29, 0.717) is 6.54 Å². The Balaban J connectivity index is 1.74. The molecule has 1 aromatic carbocycles. The van der Waals surface area contributed by atoms with E-state index in [1.165, 1.54) is 5.56 Å². The number of nitrogens with zero attached hydrogens (tertiary/aromatic N) is 2. The monoisotopic (exact) mass is 256 g/mol. The highest BCUT2D eigenvalue weighted by Gasteiger charge is 2.20. The van der Waals surface area contributed by atoms with Gasteiger partial charge in [-0.2, -0.15) is 5.26 Å². The first-order chi connectivity index (χ1) is 9.28. The summed E-state index contributed by atoms with van der Waals surface area (Å²) in [5.41, 5.74) is 1.40. The van der Waals surface area contributed by atoms with Crippen molar-refractivity contribution in [2.75, 3.05) is 19.6 Å². The topological polar surface area (TPSA) is 44.1 Å². The molecule has 0 radical (unpaired) electrons. The van der Waals surface area contributed by atoms with Crippen LogP contribution in [-0.4, -0.2) is 30.3 Å². The molecule has 2 rings (SSSR count). The zero-order chi connectivity index (χ0) is 13.5. The van der Waals surface area contributed by atoms with E-state index in [-0.39, 0.29) is 12.2 Å². The number of piperidine rings is 1. The molecule has 0 atom stereocenters. The lowest BCUT2D eigenvalue weighted by molar-refractivity contribution is -0.119. The summed E-state index contributed by atoms with van der Waals surface area (Å²) < 4.78 is 0. The second kappa shape index (κ2) is 7.06. The minimum Gasteiger partial charge on any atom is -0.297 e. The van der Waals surface area contributed by atoms with Crippen molar-refractivity contribution in [2.24, 2.45) is 5.92 Å². The third kappa shape index (κ3) is 4.50. The van der Waals surface area contributed by atoms with Crippen LogP contribution in [0.5, 0.6) is 0 Å². The van der Waals surface area contributed by atoms with Crippen LogP contribution in [0.15, 0.2) is 30.3 Å². The van der Waals surface area contributed by atoms with E-state index < -0.39 is 0 Å². The Labute approximate surface area is 114 Å². The van der Waals surface area contributed by atoms with Crippen molar-refractivity contribution >= 4 is 5.78 Å². The fourth-order valence-corrected chi connectivity index (χ4v) is 2.69. The van der Waals surface area contributed by atoms with Gasteiger partial charge in [0.1, 0.15) is 0 Å². The van der Waals surface area contributed by atoms with E-state index in [1.54, 1.807) is 0 Å². The second-order valence-electron chi connectivity index (χ2n) is 5.28. The van der Waals surface area contributed by atoms with Crippen molar-refractivity contribution in [1.82, 2.24) is 4.90 Å². The van der Waals surface area contributed by atoms with Gasteiger partial charge in [0, 0.05) is 0 Å². The number of ketones is 1. The van der Waals surface area contributed by atoms with Crippen LogP contribution in [0.1, 0.15) is 24.8 Å². The highest BCUT2D eigenvalue weighted by Crippen LogP contribution is 2.21. The molecule has 1 aliphatic heterocycles. The molecular weight excluding hydrogens is 236 g/mol. The lowest BCUT2D eigenvalue weighted by Crippen LogP contribution is -2.37. The highest BCUT2D eigenvalue weighted by molar-refractivity contribution is 5.82. The standard InChI is InChI=1S/C16H20N2O/c17-9-6-16(19)13-18-10-7-15(8-11-18)12-14-4-2-1-3-5-14/h1-5,15H,6-8,10-13H2. The molecule has 0 spiro atoms. The molecule has 0 amide bonds. The zero-order valence-electron chi connectivity index (χ0n) is 11.2. The Kier molecular flexibility index (Phi) is 5.11. The molecule has 3 heteroatoms. The van der Waals surface area contributed by atoms with Gasteiger partial charge in [-0.3, -0.25) is 9.69 Å². The molecule has 1 aliphatic rings. The number of carbonyl (C=O) groups is 1. The SMILES string of the molecule is N#CCC(=O)CN1CCC(Cc2ccccc2)CC1. The minimum absolute atomic E-state index is 0.0454. The lowest BCUT2D eigenvalue weighted by atomic mass is 9.90. The number of rotatable bonds is 5. The number of hydrogen-bond donors (Lipinski definition) is 0. The van der Waals surface area contributed by atoms with Crippen LogP contribution < -0.4 is 0 Å². The van der Waals surface area contributed by atoms with Crippen LogP contribution in [0.4, 0.5) is 0 Å². The fourth-order valence-electron chi connectivity index (χ4n) is 2.69. The van der Waals surface area contributed by atoms with E-state index in [1.807, 2.05) is 12.1 Å². The van der Waals surface area contributed by atoms with Gasteiger partial charge >= 0.3 is 0 Å². The van der Waals surface area contributed by atoms with E-state index in [4.69, 9.17) is 5.26 Å². The zero-order valence-corrected chi connectivity index (χ0v) is 11.2. The predicted molar refractivity (Wildman–Crippen MR) is 74.5 cm³/mol. The summed E-state index contributed by atoms with van der Waals surface area (Å²) in [5.74, 6) is 0.772. The Morgan fingerprint density at radius 1 is 1.26 bits per heavy atom. The molecule has 1 saturated heterocycles. The van der Waals surface area contributed by atoms with Crippen LogP contribution >= 0.6 is 0 Å². The van der Waals surface area contributed by atoms with Crippen LogP contribution in [0, 0.1) is 17.2 Å². The third-order valence-corrected chi connectivity index (χ3v) is 3.75. The average molecular weight is 256 g/mol. The minimum atomic E-state index is 0.0454. The van der Waals surface area contributed by atoms with E-state index in [2.05, 4.69) is 29.2 Å². The number of Topliss-reactive ketones (excluding diaryl/α,β-unsaturated/α-hetero) is 1. The maximum absolute atomic E-state index is 11.4. The van der Waals surface area contributed by atoms with Crippen molar-refractivity contribution in [3.8, 4) is 6.07 Å². The molecule has 100 valence electrons. The van der Waals surface area contributed by atoms with Gasteiger partial charge in [-0.1, -0.05) is 30.3 Å². The van der Waals surface area contributed by atoms with Gasteiger partial charge in [0.25, 0.3) is 0 Å². The molecule has 0 N–H and O–H groups in total. The quantitative estimate of drug-likeness (QED) is 0.812. The smallest absolute Gasteiger partial charge is 0.160 e. The highest BCUT2D eigenvalue weighted by atomic mass is 16.1. The molecule has 1 heterocycles. The van der Waals surface area contributed by atoms with Crippen LogP contribution in [0.25, 0.3) is 0 Å². The van der Waals surface area contributed by atoms with Crippen molar-refractivity contribution in [3.05, 3.63) is 35.9 Å². The first kappa shape index (κ1) is 13.8.